The Hall–Kier alpha value is -2.63. The van der Waals surface area contributed by atoms with Crippen LogP contribution in [0.5, 0.6) is 5.75 Å². The second-order valence-corrected chi connectivity index (χ2v) is 5.75. The van der Waals surface area contributed by atoms with Crippen LogP contribution in [0.3, 0.4) is 0 Å². The van der Waals surface area contributed by atoms with Gasteiger partial charge in [0.15, 0.2) is 0 Å². The van der Waals surface area contributed by atoms with Crippen LogP contribution in [0.25, 0.3) is 0 Å². The summed E-state index contributed by atoms with van der Waals surface area (Å²) in [6, 6.07) is 9.57. The summed E-state index contributed by atoms with van der Waals surface area (Å²) in [6.07, 6.45) is 5.67. The standard InChI is InChI=1S/C19H26N4O2/c1-3-4-5-12-20-18(24)17-11-14-22-19(23-17)21-13-10-15-6-8-16(25-2)9-7-15/h6-9,11,14H,3-5,10,12-13H2,1-2H3,(H,20,24)(H,21,22,23). The normalized spacial score (nSPS) is 10.3. The van der Waals surface area contributed by atoms with Crippen LogP contribution in [0.2, 0.25) is 0 Å². The number of aromatic nitrogens is 2. The van der Waals surface area contributed by atoms with E-state index in [-0.39, 0.29) is 5.91 Å². The van der Waals surface area contributed by atoms with Gasteiger partial charge in [0.1, 0.15) is 11.4 Å². The van der Waals surface area contributed by atoms with Gasteiger partial charge in [-0.25, -0.2) is 9.97 Å². The zero-order chi connectivity index (χ0) is 17.9. The van der Waals surface area contributed by atoms with E-state index in [0.717, 1.165) is 31.4 Å². The molecule has 1 aromatic heterocycles. The zero-order valence-corrected chi connectivity index (χ0v) is 14.9. The van der Waals surface area contributed by atoms with Crippen LogP contribution >= 0.6 is 0 Å². The Morgan fingerprint density at radius 3 is 2.64 bits per heavy atom. The van der Waals surface area contributed by atoms with Gasteiger partial charge >= 0.3 is 0 Å². The molecule has 0 saturated carbocycles. The highest BCUT2D eigenvalue weighted by molar-refractivity contribution is 5.92. The Labute approximate surface area is 149 Å². The fourth-order valence-corrected chi connectivity index (χ4v) is 2.35. The van der Waals surface area contributed by atoms with Gasteiger partial charge in [-0.15, -0.1) is 0 Å². The van der Waals surface area contributed by atoms with Crippen molar-refractivity contribution in [3.8, 4) is 5.75 Å². The highest BCUT2D eigenvalue weighted by Crippen LogP contribution is 2.11. The van der Waals surface area contributed by atoms with Crippen molar-refractivity contribution < 1.29 is 9.53 Å². The maximum Gasteiger partial charge on any atom is 0.270 e. The van der Waals surface area contributed by atoms with Crippen molar-refractivity contribution in [3.05, 3.63) is 47.8 Å². The van der Waals surface area contributed by atoms with Crippen LogP contribution in [0.15, 0.2) is 36.5 Å². The van der Waals surface area contributed by atoms with E-state index in [4.69, 9.17) is 4.74 Å². The number of hydrogen-bond donors (Lipinski definition) is 2. The second kappa shape index (κ2) is 10.3. The molecule has 0 aliphatic carbocycles. The number of ether oxygens (including phenoxy) is 1. The molecule has 1 amide bonds. The lowest BCUT2D eigenvalue weighted by molar-refractivity contribution is 0.0948. The molecule has 0 spiro atoms. The van der Waals surface area contributed by atoms with Crippen molar-refractivity contribution >= 4 is 11.9 Å². The third-order valence-corrected chi connectivity index (χ3v) is 3.81. The van der Waals surface area contributed by atoms with E-state index in [9.17, 15) is 4.79 Å². The predicted molar refractivity (Wildman–Crippen MR) is 99.1 cm³/mol. The number of anilines is 1. The Kier molecular flexibility index (Phi) is 7.69. The first-order valence-electron chi connectivity index (χ1n) is 8.71. The fourth-order valence-electron chi connectivity index (χ4n) is 2.35. The molecule has 134 valence electrons. The number of methoxy groups -OCH3 is 1. The van der Waals surface area contributed by atoms with Gasteiger partial charge in [0, 0.05) is 19.3 Å². The maximum atomic E-state index is 12.1. The Morgan fingerprint density at radius 1 is 1.12 bits per heavy atom. The topological polar surface area (TPSA) is 76.1 Å². The molecule has 1 aromatic carbocycles. The summed E-state index contributed by atoms with van der Waals surface area (Å²) in [4.78, 5) is 20.5. The molecule has 6 heteroatoms. The summed E-state index contributed by atoms with van der Waals surface area (Å²) in [7, 11) is 1.65. The van der Waals surface area contributed by atoms with Gasteiger partial charge < -0.3 is 15.4 Å². The number of carbonyl (C=O) groups excluding carboxylic acids is 1. The largest absolute Gasteiger partial charge is 0.497 e. The molecule has 0 bridgehead atoms. The van der Waals surface area contributed by atoms with Crippen LogP contribution < -0.4 is 15.4 Å². The molecule has 1 heterocycles. The summed E-state index contributed by atoms with van der Waals surface area (Å²) in [5.41, 5.74) is 1.58. The molecule has 0 fully saturated rings. The highest BCUT2D eigenvalue weighted by Gasteiger charge is 2.08. The smallest absolute Gasteiger partial charge is 0.270 e. The Balaban J connectivity index is 1.80. The van der Waals surface area contributed by atoms with Gasteiger partial charge in [0.2, 0.25) is 5.95 Å². The van der Waals surface area contributed by atoms with Gasteiger partial charge in [0.05, 0.1) is 7.11 Å². The minimum absolute atomic E-state index is 0.156. The molecule has 2 N–H and O–H groups in total. The van der Waals surface area contributed by atoms with E-state index in [1.165, 1.54) is 5.56 Å². The van der Waals surface area contributed by atoms with Gasteiger partial charge in [0.25, 0.3) is 5.91 Å². The lowest BCUT2D eigenvalue weighted by Crippen LogP contribution is -2.25. The molecule has 0 radical (unpaired) electrons. The number of nitrogens with one attached hydrogen (secondary N) is 2. The van der Waals surface area contributed by atoms with Gasteiger partial charge in [-0.2, -0.15) is 0 Å². The van der Waals surface area contributed by atoms with E-state index < -0.39 is 0 Å². The van der Waals surface area contributed by atoms with Crippen molar-refractivity contribution in [2.45, 2.75) is 32.6 Å². The number of hydrogen-bond acceptors (Lipinski definition) is 5. The van der Waals surface area contributed by atoms with Crippen molar-refractivity contribution in [2.75, 3.05) is 25.5 Å². The third kappa shape index (κ3) is 6.41. The summed E-state index contributed by atoms with van der Waals surface area (Å²) in [5, 5.41) is 6.04. The molecule has 0 aliphatic rings. The molecule has 0 unspecified atom stereocenters. The molecule has 2 aromatic rings. The number of unbranched alkanes of at least 4 members (excludes halogenated alkanes) is 2. The highest BCUT2D eigenvalue weighted by atomic mass is 16.5. The molecule has 2 rings (SSSR count). The third-order valence-electron chi connectivity index (χ3n) is 3.81. The minimum atomic E-state index is -0.156. The number of nitrogens with zero attached hydrogens (tertiary/aromatic N) is 2. The van der Waals surface area contributed by atoms with Gasteiger partial charge in [-0.3, -0.25) is 4.79 Å². The molecule has 0 atom stereocenters. The SMILES string of the molecule is CCCCCNC(=O)c1ccnc(NCCc2ccc(OC)cc2)n1. The summed E-state index contributed by atoms with van der Waals surface area (Å²) in [6.45, 7) is 3.50. The Morgan fingerprint density at radius 2 is 1.92 bits per heavy atom. The van der Waals surface area contributed by atoms with Crippen molar-refractivity contribution in [1.82, 2.24) is 15.3 Å². The number of benzene rings is 1. The lowest BCUT2D eigenvalue weighted by atomic mass is 10.1. The van der Waals surface area contributed by atoms with E-state index in [1.54, 1.807) is 19.4 Å². The van der Waals surface area contributed by atoms with Crippen LogP contribution in [-0.2, 0) is 6.42 Å². The lowest BCUT2D eigenvalue weighted by Gasteiger charge is -2.08. The van der Waals surface area contributed by atoms with Crippen molar-refractivity contribution in [1.29, 1.82) is 0 Å². The van der Waals surface area contributed by atoms with Crippen molar-refractivity contribution in [2.24, 2.45) is 0 Å². The first-order valence-corrected chi connectivity index (χ1v) is 8.71. The first-order chi connectivity index (χ1) is 12.2. The van der Waals surface area contributed by atoms with E-state index in [0.29, 0.717) is 24.7 Å². The number of carbonyl (C=O) groups is 1. The zero-order valence-electron chi connectivity index (χ0n) is 14.9. The van der Waals surface area contributed by atoms with Crippen LogP contribution in [0.4, 0.5) is 5.95 Å². The summed E-state index contributed by atoms with van der Waals surface area (Å²) < 4.78 is 5.15. The molecule has 25 heavy (non-hydrogen) atoms. The summed E-state index contributed by atoms with van der Waals surface area (Å²) >= 11 is 0. The average molecular weight is 342 g/mol. The number of rotatable bonds is 10. The average Bonchev–Trinajstić information content (AvgIpc) is 2.66. The van der Waals surface area contributed by atoms with E-state index in [1.807, 2.05) is 24.3 Å². The molecule has 0 saturated heterocycles. The van der Waals surface area contributed by atoms with Crippen molar-refractivity contribution in [3.63, 3.8) is 0 Å². The van der Waals surface area contributed by atoms with Gasteiger partial charge in [-0.1, -0.05) is 31.9 Å². The monoisotopic (exact) mass is 342 g/mol. The van der Waals surface area contributed by atoms with Crippen LogP contribution in [-0.4, -0.2) is 36.1 Å². The molecular formula is C19H26N4O2. The fraction of sp³-hybridized carbons (Fsp3) is 0.421. The van der Waals surface area contributed by atoms with Gasteiger partial charge in [-0.05, 0) is 36.6 Å². The molecule has 0 aliphatic heterocycles. The number of amides is 1. The van der Waals surface area contributed by atoms with E-state index in [2.05, 4.69) is 27.5 Å². The summed E-state index contributed by atoms with van der Waals surface area (Å²) in [5.74, 6) is 1.16. The van der Waals surface area contributed by atoms with E-state index >= 15 is 0 Å². The quantitative estimate of drug-likeness (QED) is 0.649. The predicted octanol–water partition coefficient (Wildman–Crippen LogP) is 3.06. The van der Waals surface area contributed by atoms with Crippen LogP contribution in [0.1, 0.15) is 42.2 Å². The second-order valence-electron chi connectivity index (χ2n) is 5.75. The first kappa shape index (κ1) is 18.7. The molecule has 6 nitrogen and oxygen atoms in total. The minimum Gasteiger partial charge on any atom is -0.497 e. The molecular weight excluding hydrogens is 316 g/mol. The maximum absolute atomic E-state index is 12.1. The Bertz CT molecular complexity index is 659. The van der Waals surface area contributed by atoms with Crippen LogP contribution in [0, 0.1) is 0 Å².